The zero-order valence-corrected chi connectivity index (χ0v) is 63.2. The number of carbonyl (C=O) groups excluding carboxylic acids is 12. The molecule has 6 N–H and O–H groups in total. The molecule has 14 atom stereocenters. The van der Waals surface area contributed by atoms with Crippen molar-refractivity contribution in [3.63, 3.8) is 0 Å². The lowest BCUT2D eigenvalue weighted by atomic mass is 9.82. The van der Waals surface area contributed by atoms with Crippen molar-refractivity contribution in [1.29, 1.82) is 0 Å². The smallest absolute Gasteiger partial charge is 0.247 e. The van der Waals surface area contributed by atoms with Crippen molar-refractivity contribution in [2.45, 2.75) is 284 Å². The van der Waals surface area contributed by atoms with Gasteiger partial charge in [0.2, 0.25) is 70.9 Å². The van der Waals surface area contributed by atoms with Crippen LogP contribution in [0.4, 0.5) is 4.39 Å². The zero-order valence-electron chi connectivity index (χ0n) is 63.2. The summed E-state index contributed by atoms with van der Waals surface area (Å²) in [6, 6.07) is -13.0. The Balaban J connectivity index is 1.93. The van der Waals surface area contributed by atoms with Gasteiger partial charge < -0.3 is 70.7 Å². The van der Waals surface area contributed by atoms with Crippen molar-refractivity contribution in [2.75, 3.05) is 68.5 Å². The predicted molar refractivity (Wildman–Crippen MR) is 374 cm³/mol. The van der Waals surface area contributed by atoms with Crippen LogP contribution in [0.3, 0.4) is 0 Å². The second-order valence-electron chi connectivity index (χ2n) is 31.2. The van der Waals surface area contributed by atoms with E-state index in [0.717, 1.165) is 43.4 Å². The SMILES string of the molecule is CC[C@H](C)[C@@H]1NC(=O)[C@H](CC(C)C)N(C)C(=O)[C@@H](C)NC(=O)C[C@@H](C(=O)N2CCCCC2)NC(=O)[C@H](C)N(C)C(=O)[C@H](CC2CCCCC2)N(C)C(=O)[C@H](COC(C)(C)C)NC(=O)[C@H](CC(C)C)N(C)C(=O)CN(C)C(=O)[C@H](CC2CCC(O)C(F)C2)NC(=O)[C@H](CC(C)C)N(C)C1=O. The summed E-state index contributed by atoms with van der Waals surface area (Å²) in [6.45, 7) is 22.6. The van der Waals surface area contributed by atoms with Crippen molar-refractivity contribution in [1.82, 2.24) is 60.9 Å². The number of ether oxygens (including phenoxy) is 1. The van der Waals surface area contributed by atoms with E-state index < -0.39 is 174 Å². The maximum absolute atomic E-state index is 15.3. The van der Waals surface area contributed by atoms with Gasteiger partial charge in [-0.05, 0) is 141 Å². The first-order chi connectivity index (χ1) is 46.2. The molecular weight excluding hydrogens is 1280 g/mol. The minimum absolute atomic E-state index is 0.00546. The molecule has 26 nitrogen and oxygen atoms in total. The van der Waals surface area contributed by atoms with Crippen LogP contribution < -0.4 is 26.6 Å². The van der Waals surface area contributed by atoms with E-state index in [9.17, 15) is 38.7 Å². The number of carbonyl (C=O) groups is 12. The van der Waals surface area contributed by atoms with Crippen molar-refractivity contribution >= 4 is 70.9 Å². The molecule has 3 unspecified atom stereocenters. The summed E-state index contributed by atoms with van der Waals surface area (Å²) in [4.78, 5) is 187. The second kappa shape index (κ2) is 39.1. The molecule has 2 saturated heterocycles. The summed E-state index contributed by atoms with van der Waals surface area (Å²) in [6.07, 6.45) is 4.14. The van der Waals surface area contributed by atoms with E-state index in [4.69, 9.17) is 4.74 Å². The number of alkyl halides is 1. The number of amides is 12. The fourth-order valence-electron chi connectivity index (χ4n) is 13.8. The molecule has 2 aliphatic carbocycles. The number of hydrogen-bond acceptors (Lipinski definition) is 14. The summed E-state index contributed by atoms with van der Waals surface area (Å²) >= 11 is 0. The monoisotopic (exact) mass is 1400 g/mol. The zero-order chi connectivity index (χ0) is 74.7. The number of aliphatic hydroxyl groups is 1. The highest BCUT2D eigenvalue weighted by molar-refractivity contribution is 6.00. The summed E-state index contributed by atoms with van der Waals surface area (Å²) in [5, 5.41) is 24.5. The number of aliphatic hydroxyl groups excluding tert-OH is 1. The van der Waals surface area contributed by atoms with E-state index in [1.54, 1.807) is 32.6 Å². The summed E-state index contributed by atoms with van der Waals surface area (Å²) < 4.78 is 21.5. The molecule has 4 aliphatic rings. The molecule has 0 radical (unpaired) electrons. The Kier molecular flexibility index (Phi) is 33.5. The van der Waals surface area contributed by atoms with Gasteiger partial charge >= 0.3 is 0 Å². The number of rotatable bonds is 15. The number of likely N-dealkylation sites (tertiary alicyclic amines) is 1. The van der Waals surface area contributed by atoms with E-state index >= 15 is 28.4 Å². The highest BCUT2D eigenvalue weighted by atomic mass is 19.1. The minimum Gasteiger partial charge on any atom is -0.390 e. The van der Waals surface area contributed by atoms with Gasteiger partial charge in [0, 0.05) is 55.4 Å². The topological polar surface area (TPSA) is 317 Å². The van der Waals surface area contributed by atoms with Crippen LogP contribution in [0.5, 0.6) is 0 Å². The first-order valence-electron chi connectivity index (χ1n) is 36.5. The van der Waals surface area contributed by atoms with E-state index in [0.29, 0.717) is 38.8 Å². The van der Waals surface area contributed by atoms with Gasteiger partial charge in [-0.15, -0.1) is 0 Å². The average molecular weight is 1400 g/mol. The molecule has 0 aromatic heterocycles. The van der Waals surface area contributed by atoms with E-state index in [1.165, 1.54) is 80.6 Å². The number of piperidine rings is 1. The molecule has 4 fully saturated rings. The van der Waals surface area contributed by atoms with Gasteiger partial charge in [-0.1, -0.05) is 93.9 Å². The molecule has 99 heavy (non-hydrogen) atoms. The molecule has 2 heterocycles. The Bertz CT molecular complexity index is 2760. The highest BCUT2D eigenvalue weighted by Crippen LogP contribution is 2.32. The molecular formula is C72H125FN12O14. The average Bonchev–Trinajstić information content (AvgIpc) is 0.828. The van der Waals surface area contributed by atoms with E-state index in [1.807, 2.05) is 48.5 Å². The van der Waals surface area contributed by atoms with Gasteiger partial charge in [0.15, 0.2) is 0 Å². The van der Waals surface area contributed by atoms with Gasteiger partial charge in [-0.2, -0.15) is 0 Å². The molecule has 0 bridgehead atoms. The Morgan fingerprint density at radius 2 is 1.06 bits per heavy atom. The summed E-state index contributed by atoms with van der Waals surface area (Å²) in [7, 11) is 8.46. The van der Waals surface area contributed by atoms with Gasteiger partial charge in [0.25, 0.3) is 0 Å². The lowest BCUT2D eigenvalue weighted by molar-refractivity contribution is -0.152. The third-order valence-corrected chi connectivity index (χ3v) is 20.4. The lowest BCUT2D eigenvalue weighted by Crippen LogP contribution is -2.61. The summed E-state index contributed by atoms with van der Waals surface area (Å²) in [5.41, 5.74) is -0.838. The Labute approximate surface area is 589 Å². The molecule has 564 valence electrons. The normalized spacial score (nSPS) is 29.6. The molecule has 0 spiro atoms. The summed E-state index contributed by atoms with van der Waals surface area (Å²) in [5.74, 6) is -10.1. The van der Waals surface area contributed by atoms with Gasteiger partial charge in [-0.25, -0.2) is 4.39 Å². The van der Waals surface area contributed by atoms with Crippen LogP contribution in [0.25, 0.3) is 0 Å². The predicted octanol–water partition coefficient (Wildman–Crippen LogP) is 4.32. The lowest BCUT2D eigenvalue weighted by Gasteiger charge is -2.38. The molecule has 4 rings (SSSR count). The molecule has 12 amide bonds. The third-order valence-electron chi connectivity index (χ3n) is 20.4. The quantitative estimate of drug-likeness (QED) is 0.133. The molecule has 2 saturated carbocycles. The van der Waals surface area contributed by atoms with E-state index in [-0.39, 0.29) is 75.2 Å². The minimum atomic E-state index is -1.61. The highest BCUT2D eigenvalue weighted by Gasteiger charge is 2.44. The standard InChI is InChI=1S/C72H125FN12O14/c1-20-45(8)61-71(98)83(18)55(34-43(4)5)64(91)76-51(37-49-29-30-58(86)50(73)36-49)67(94)79(14)40-60(88)81(16)54(33-42(2)3)63(90)77-53(41-99-72(11,12)13)68(95)84(19)57(38-48-27-23-21-24-28-48)70(97)80(15)47(10)62(89)75-52(69(96)85-31-25-22-26-32-85)39-59(87)74-46(9)66(93)82(17)56(35-44(6)7)65(92)78-61/h42-58,61,86H,20-41H2,1-19H3,(H,74,87)(H,75,89)(H,76,91)(H,77,90)(H,78,92)/t45-,46+,47-,49?,50?,51-,52-,53-,54-,55-,56-,57-,58?,61-/m0/s1. The number of nitrogens with zero attached hydrogens (tertiary/aromatic N) is 7. The number of likely N-dealkylation sites (N-methyl/N-ethyl adjacent to an activating group) is 6. The molecule has 2 aliphatic heterocycles. The van der Waals surface area contributed by atoms with Crippen molar-refractivity contribution in [3.8, 4) is 0 Å². The van der Waals surface area contributed by atoms with E-state index in [2.05, 4.69) is 26.6 Å². The van der Waals surface area contributed by atoms with Crippen LogP contribution in [0.15, 0.2) is 0 Å². The van der Waals surface area contributed by atoms with Crippen LogP contribution in [-0.4, -0.2) is 257 Å². The van der Waals surface area contributed by atoms with Crippen LogP contribution >= 0.6 is 0 Å². The number of hydrogen-bond donors (Lipinski definition) is 6. The first kappa shape index (κ1) is 84.9. The largest absolute Gasteiger partial charge is 0.390 e. The fourth-order valence-corrected chi connectivity index (χ4v) is 13.8. The number of halogens is 1. The van der Waals surface area contributed by atoms with Crippen molar-refractivity contribution < 1.29 is 71.8 Å². The third kappa shape index (κ3) is 25.2. The van der Waals surface area contributed by atoms with Crippen LogP contribution in [0, 0.1) is 35.5 Å². The van der Waals surface area contributed by atoms with Crippen LogP contribution in [0.1, 0.15) is 206 Å². The Morgan fingerprint density at radius 3 is 1.59 bits per heavy atom. The maximum atomic E-state index is 15.3. The fraction of sp³-hybridized carbons (Fsp3) is 0.833. The molecule has 0 aromatic carbocycles. The second-order valence-corrected chi connectivity index (χ2v) is 31.2. The van der Waals surface area contributed by atoms with Crippen molar-refractivity contribution in [3.05, 3.63) is 0 Å². The van der Waals surface area contributed by atoms with Crippen LogP contribution in [-0.2, 0) is 62.3 Å². The Morgan fingerprint density at radius 1 is 0.556 bits per heavy atom. The van der Waals surface area contributed by atoms with Gasteiger partial charge in [-0.3, -0.25) is 57.5 Å². The molecule has 27 heteroatoms. The van der Waals surface area contributed by atoms with Crippen LogP contribution in [0.2, 0.25) is 0 Å². The van der Waals surface area contributed by atoms with Crippen molar-refractivity contribution in [2.24, 2.45) is 35.5 Å². The van der Waals surface area contributed by atoms with Gasteiger partial charge in [0.1, 0.15) is 66.6 Å². The van der Waals surface area contributed by atoms with Gasteiger partial charge in [0.05, 0.1) is 31.3 Å². The number of nitrogens with one attached hydrogen (secondary N) is 5. The maximum Gasteiger partial charge on any atom is 0.247 e. The molecule has 0 aromatic rings. The first-order valence-corrected chi connectivity index (χ1v) is 36.5. The Hall–Kier alpha value is -6.51.